The van der Waals surface area contributed by atoms with Crippen molar-refractivity contribution in [2.24, 2.45) is 0 Å². The second-order valence-corrected chi connectivity index (χ2v) is 10.9. The molecule has 0 heterocycles. The Morgan fingerprint density at radius 3 is 2.33 bits per heavy atom. The maximum atomic E-state index is 13.8. The van der Waals surface area contributed by atoms with Gasteiger partial charge in [0.15, 0.2) is 0 Å². The Kier molecular flexibility index (Phi) is 10.4. The molecule has 3 rings (SSSR count). The SMILES string of the molecule is CCCCNC(=O)[C@H](C)N(Cc1ccc(F)cc1)C(=O)CN(c1cccc(OC)c1)S(=O)(=O)c1ccccc1. The Bertz CT molecular complexity index is 1350. The van der Waals surface area contributed by atoms with Gasteiger partial charge in [-0.05, 0) is 55.3 Å². The molecule has 0 aromatic heterocycles. The average Bonchev–Trinajstić information content (AvgIpc) is 2.95. The molecule has 8 nitrogen and oxygen atoms in total. The van der Waals surface area contributed by atoms with Crippen molar-refractivity contribution in [3.8, 4) is 5.75 Å². The van der Waals surface area contributed by atoms with Gasteiger partial charge in [-0.3, -0.25) is 13.9 Å². The molecule has 3 aromatic carbocycles. The van der Waals surface area contributed by atoms with E-state index in [1.165, 1.54) is 54.5 Å². The van der Waals surface area contributed by atoms with Gasteiger partial charge in [-0.25, -0.2) is 12.8 Å². The van der Waals surface area contributed by atoms with Crippen LogP contribution in [-0.4, -0.2) is 51.4 Å². The molecule has 10 heteroatoms. The van der Waals surface area contributed by atoms with Gasteiger partial charge >= 0.3 is 0 Å². The minimum atomic E-state index is -4.17. The van der Waals surface area contributed by atoms with Crippen molar-refractivity contribution in [1.29, 1.82) is 0 Å². The number of unbranched alkanes of at least 4 members (excludes halogenated alkanes) is 1. The Morgan fingerprint density at radius 1 is 1.00 bits per heavy atom. The summed E-state index contributed by atoms with van der Waals surface area (Å²) in [5, 5.41) is 2.83. The van der Waals surface area contributed by atoms with Gasteiger partial charge in [0.25, 0.3) is 10.0 Å². The molecule has 0 fully saturated rings. The van der Waals surface area contributed by atoms with Crippen LogP contribution in [0.2, 0.25) is 0 Å². The number of hydrogen-bond donors (Lipinski definition) is 1. The standard InChI is InChI=1S/C29H34FN3O5S/c1-4-5-18-31-29(35)22(2)32(20-23-14-16-24(30)17-15-23)28(34)21-33(25-10-9-11-26(19-25)38-3)39(36,37)27-12-7-6-8-13-27/h6-17,19,22H,4-5,18,20-21H2,1-3H3,(H,31,35)/t22-/m0/s1. The first kappa shape index (κ1) is 29.6. The lowest BCUT2D eigenvalue weighted by Gasteiger charge is -2.32. The summed E-state index contributed by atoms with van der Waals surface area (Å²) in [5.74, 6) is -0.974. The Labute approximate surface area is 229 Å². The fourth-order valence-electron chi connectivity index (χ4n) is 3.92. The van der Waals surface area contributed by atoms with E-state index in [0.717, 1.165) is 17.1 Å². The third kappa shape index (κ3) is 7.79. The predicted molar refractivity (Wildman–Crippen MR) is 148 cm³/mol. The van der Waals surface area contributed by atoms with E-state index in [9.17, 15) is 22.4 Å². The molecule has 0 radical (unpaired) electrons. The highest BCUT2D eigenvalue weighted by molar-refractivity contribution is 7.92. The zero-order valence-electron chi connectivity index (χ0n) is 22.3. The summed E-state index contributed by atoms with van der Waals surface area (Å²) in [6.07, 6.45) is 1.67. The second-order valence-electron chi connectivity index (χ2n) is 8.99. The van der Waals surface area contributed by atoms with Crippen molar-refractivity contribution in [2.75, 3.05) is 24.5 Å². The summed E-state index contributed by atoms with van der Waals surface area (Å²) in [5.41, 5.74) is 0.824. The van der Waals surface area contributed by atoms with Gasteiger partial charge in [-0.15, -0.1) is 0 Å². The molecular formula is C29H34FN3O5S. The molecule has 39 heavy (non-hydrogen) atoms. The lowest BCUT2D eigenvalue weighted by molar-refractivity contribution is -0.139. The molecule has 3 aromatic rings. The Morgan fingerprint density at radius 2 is 1.69 bits per heavy atom. The number of nitrogens with one attached hydrogen (secondary N) is 1. The summed E-state index contributed by atoms with van der Waals surface area (Å²) in [6.45, 7) is 3.46. The fourth-order valence-corrected chi connectivity index (χ4v) is 5.35. The van der Waals surface area contributed by atoms with Crippen LogP contribution in [0.1, 0.15) is 32.3 Å². The number of ether oxygens (including phenoxy) is 1. The highest BCUT2D eigenvalue weighted by Crippen LogP contribution is 2.27. The molecule has 0 aliphatic carbocycles. The van der Waals surface area contributed by atoms with E-state index in [0.29, 0.717) is 17.9 Å². The number of sulfonamides is 1. The summed E-state index contributed by atoms with van der Waals surface area (Å²) in [4.78, 5) is 28.1. The van der Waals surface area contributed by atoms with Crippen LogP contribution in [0.5, 0.6) is 5.75 Å². The van der Waals surface area contributed by atoms with Gasteiger partial charge < -0.3 is 15.0 Å². The van der Waals surface area contributed by atoms with Gasteiger partial charge in [0.2, 0.25) is 11.8 Å². The van der Waals surface area contributed by atoms with E-state index in [1.807, 2.05) is 6.92 Å². The van der Waals surface area contributed by atoms with Gasteiger partial charge in [0, 0.05) is 19.2 Å². The van der Waals surface area contributed by atoms with Crippen molar-refractivity contribution < 1.29 is 27.1 Å². The highest BCUT2D eigenvalue weighted by atomic mass is 32.2. The van der Waals surface area contributed by atoms with Crippen molar-refractivity contribution in [3.63, 3.8) is 0 Å². The Balaban J connectivity index is 2.00. The molecule has 0 aliphatic rings. The van der Waals surface area contributed by atoms with Crippen LogP contribution in [-0.2, 0) is 26.2 Å². The van der Waals surface area contributed by atoms with Crippen LogP contribution >= 0.6 is 0 Å². The third-order valence-electron chi connectivity index (χ3n) is 6.21. The number of anilines is 1. The summed E-state index contributed by atoms with van der Waals surface area (Å²) in [6, 6.07) is 18.9. The van der Waals surface area contributed by atoms with Crippen LogP contribution in [0.25, 0.3) is 0 Å². The molecule has 2 amide bonds. The van der Waals surface area contributed by atoms with E-state index in [-0.39, 0.29) is 23.0 Å². The molecule has 1 N–H and O–H groups in total. The number of hydrogen-bond acceptors (Lipinski definition) is 5. The highest BCUT2D eigenvalue weighted by Gasteiger charge is 2.32. The normalized spacial score (nSPS) is 11.9. The molecular weight excluding hydrogens is 521 g/mol. The molecule has 208 valence electrons. The number of halogens is 1. The zero-order valence-corrected chi connectivity index (χ0v) is 23.2. The Hall–Kier alpha value is -3.92. The van der Waals surface area contributed by atoms with E-state index in [1.54, 1.807) is 43.3 Å². The first-order valence-electron chi connectivity index (χ1n) is 12.7. The second kappa shape index (κ2) is 13.7. The van der Waals surface area contributed by atoms with Crippen LogP contribution in [0, 0.1) is 5.82 Å². The maximum absolute atomic E-state index is 13.8. The fraction of sp³-hybridized carbons (Fsp3) is 0.310. The monoisotopic (exact) mass is 555 g/mol. The zero-order chi connectivity index (χ0) is 28.4. The lowest BCUT2D eigenvalue weighted by atomic mass is 10.1. The number of benzene rings is 3. The molecule has 0 saturated carbocycles. The van der Waals surface area contributed by atoms with E-state index < -0.39 is 34.3 Å². The van der Waals surface area contributed by atoms with Crippen LogP contribution < -0.4 is 14.4 Å². The first-order chi connectivity index (χ1) is 18.7. The molecule has 0 bridgehead atoms. The van der Waals surface area contributed by atoms with Gasteiger partial charge in [0.1, 0.15) is 24.2 Å². The molecule has 0 aliphatic heterocycles. The minimum absolute atomic E-state index is 0.0102. The van der Waals surface area contributed by atoms with Crippen molar-refractivity contribution >= 4 is 27.5 Å². The summed E-state index contributed by atoms with van der Waals surface area (Å²) in [7, 11) is -2.71. The van der Waals surface area contributed by atoms with Crippen molar-refractivity contribution in [3.05, 3.63) is 90.2 Å². The third-order valence-corrected chi connectivity index (χ3v) is 8.00. The van der Waals surface area contributed by atoms with Crippen molar-refractivity contribution in [1.82, 2.24) is 10.2 Å². The number of carbonyl (C=O) groups excluding carboxylic acids is 2. The number of amides is 2. The largest absolute Gasteiger partial charge is 0.497 e. The van der Waals surface area contributed by atoms with Crippen LogP contribution in [0.15, 0.2) is 83.8 Å². The number of rotatable bonds is 13. The predicted octanol–water partition coefficient (Wildman–Crippen LogP) is 4.36. The average molecular weight is 556 g/mol. The van der Waals surface area contributed by atoms with Crippen LogP contribution in [0.4, 0.5) is 10.1 Å². The quantitative estimate of drug-likeness (QED) is 0.316. The number of nitrogens with zero attached hydrogens (tertiary/aromatic N) is 2. The number of carbonyl (C=O) groups is 2. The topological polar surface area (TPSA) is 96.0 Å². The summed E-state index contributed by atoms with van der Waals surface area (Å²) < 4.78 is 47.3. The van der Waals surface area contributed by atoms with Crippen LogP contribution in [0.3, 0.4) is 0 Å². The molecule has 0 spiro atoms. The molecule has 0 unspecified atom stereocenters. The van der Waals surface area contributed by atoms with Gasteiger partial charge in [0.05, 0.1) is 17.7 Å². The smallest absolute Gasteiger partial charge is 0.264 e. The van der Waals surface area contributed by atoms with Gasteiger partial charge in [-0.1, -0.05) is 49.7 Å². The van der Waals surface area contributed by atoms with Crippen molar-refractivity contribution in [2.45, 2.75) is 44.2 Å². The van der Waals surface area contributed by atoms with E-state index in [2.05, 4.69) is 5.32 Å². The summed E-state index contributed by atoms with van der Waals surface area (Å²) >= 11 is 0. The number of methoxy groups -OCH3 is 1. The van der Waals surface area contributed by atoms with E-state index >= 15 is 0 Å². The minimum Gasteiger partial charge on any atom is -0.497 e. The lowest BCUT2D eigenvalue weighted by Crippen LogP contribution is -2.51. The van der Waals surface area contributed by atoms with E-state index in [4.69, 9.17) is 4.74 Å². The molecule has 1 atom stereocenters. The van der Waals surface area contributed by atoms with Gasteiger partial charge in [-0.2, -0.15) is 0 Å². The molecule has 0 saturated heterocycles. The maximum Gasteiger partial charge on any atom is 0.264 e. The first-order valence-corrected chi connectivity index (χ1v) is 14.1.